The molecule has 32 heavy (non-hydrogen) atoms. The van der Waals surface area contributed by atoms with Gasteiger partial charge in [-0.15, -0.1) is 11.3 Å². The van der Waals surface area contributed by atoms with Crippen molar-refractivity contribution in [2.75, 3.05) is 45.8 Å². The second-order valence-corrected chi connectivity index (χ2v) is 8.85. The van der Waals surface area contributed by atoms with Gasteiger partial charge < -0.3 is 23.9 Å². The van der Waals surface area contributed by atoms with E-state index in [0.29, 0.717) is 24.7 Å². The van der Waals surface area contributed by atoms with Crippen LogP contribution < -0.4 is 14.8 Å². The SMILES string of the molecule is COc1ccc(C(c2c(NC(=O)c3ccco3)sc(C)c2C)N2CCOCC2)cc1OC. The molecule has 170 valence electrons. The van der Waals surface area contributed by atoms with Gasteiger partial charge in [0.1, 0.15) is 5.00 Å². The minimum absolute atomic E-state index is 0.0736. The van der Waals surface area contributed by atoms with Crippen LogP contribution in [0.5, 0.6) is 11.5 Å². The second kappa shape index (κ2) is 9.77. The summed E-state index contributed by atoms with van der Waals surface area (Å²) in [5, 5.41) is 3.91. The normalized spacial score (nSPS) is 15.4. The number of methoxy groups -OCH3 is 2. The van der Waals surface area contributed by atoms with Crippen LogP contribution in [-0.4, -0.2) is 51.3 Å². The average molecular weight is 457 g/mol. The third kappa shape index (κ3) is 4.39. The smallest absolute Gasteiger partial charge is 0.291 e. The number of nitrogens with zero attached hydrogens (tertiary/aromatic N) is 1. The summed E-state index contributed by atoms with van der Waals surface area (Å²) in [5.74, 6) is 1.38. The largest absolute Gasteiger partial charge is 0.493 e. The minimum Gasteiger partial charge on any atom is -0.493 e. The molecular weight excluding hydrogens is 428 g/mol. The van der Waals surface area contributed by atoms with Crippen LogP contribution in [0.3, 0.4) is 0 Å². The van der Waals surface area contributed by atoms with Crippen molar-refractivity contribution >= 4 is 22.2 Å². The van der Waals surface area contributed by atoms with Gasteiger partial charge in [0.15, 0.2) is 17.3 Å². The fraction of sp³-hybridized carbons (Fsp3) is 0.375. The van der Waals surface area contributed by atoms with Gasteiger partial charge in [0.05, 0.1) is 39.7 Å². The van der Waals surface area contributed by atoms with Crippen molar-refractivity contribution in [3.63, 3.8) is 0 Å². The molecule has 0 spiro atoms. The Morgan fingerprint density at radius 1 is 1.12 bits per heavy atom. The molecule has 3 heterocycles. The van der Waals surface area contributed by atoms with E-state index in [1.807, 2.05) is 12.1 Å². The van der Waals surface area contributed by atoms with E-state index in [1.54, 1.807) is 37.7 Å². The number of rotatable bonds is 7. The first kappa shape index (κ1) is 22.4. The van der Waals surface area contributed by atoms with Gasteiger partial charge in [0, 0.05) is 23.5 Å². The molecule has 3 aromatic rings. The number of hydrogen-bond donors (Lipinski definition) is 1. The van der Waals surface area contributed by atoms with Gasteiger partial charge in [-0.1, -0.05) is 6.07 Å². The number of thiophene rings is 1. The molecule has 0 radical (unpaired) electrons. The molecule has 4 rings (SSSR count). The number of nitrogens with one attached hydrogen (secondary N) is 1. The minimum atomic E-state index is -0.259. The number of anilines is 1. The summed E-state index contributed by atoms with van der Waals surface area (Å²) < 4.78 is 21.9. The maximum Gasteiger partial charge on any atom is 0.291 e. The predicted octanol–water partition coefficient (Wildman–Crippen LogP) is 4.65. The summed E-state index contributed by atoms with van der Waals surface area (Å²) in [6, 6.07) is 9.31. The number of furan rings is 1. The maximum absolute atomic E-state index is 12.8. The third-order valence-electron chi connectivity index (χ3n) is 5.81. The summed E-state index contributed by atoms with van der Waals surface area (Å²) in [5.41, 5.74) is 3.32. The Morgan fingerprint density at radius 2 is 1.88 bits per heavy atom. The molecule has 1 aliphatic heterocycles. The highest BCUT2D eigenvalue weighted by atomic mass is 32.1. The first-order valence-corrected chi connectivity index (χ1v) is 11.3. The van der Waals surface area contributed by atoms with Crippen molar-refractivity contribution in [1.29, 1.82) is 0 Å². The first-order valence-electron chi connectivity index (χ1n) is 10.5. The van der Waals surface area contributed by atoms with E-state index in [1.165, 1.54) is 6.26 Å². The Balaban J connectivity index is 1.80. The van der Waals surface area contributed by atoms with E-state index in [9.17, 15) is 4.79 Å². The monoisotopic (exact) mass is 456 g/mol. The number of aryl methyl sites for hydroxylation is 1. The number of amides is 1. The molecule has 1 aliphatic rings. The molecule has 0 bridgehead atoms. The third-order valence-corrected chi connectivity index (χ3v) is 6.95. The Morgan fingerprint density at radius 3 is 2.53 bits per heavy atom. The number of carbonyl (C=O) groups is 1. The number of hydrogen-bond acceptors (Lipinski definition) is 7. The second-order valence-electron chi connectivity index (χ2n) is 7.62. The Hall–Kier alpha value is -2.81. The van der Waals surface area contributed by atoms with Gasteiger partial charge in [0.2, 0.25) is 0 Å². The summed E-state index contributed by atoms with van der Waals surface area (Å²) in [7, 11) is 3.27. The zero-order valence-electron chi connectivity index (χ0n) is 18.8. The highest BCUT2D eigenvalue weighted by molar-refractivity contribution is 7.16. The summed E-state index contributed by atoms with van der Waals surface area (Å²) in [6.45, 7) is 7.10. The summed E-state index contributed by atoms with van der Waals surface area (Å²) in [6.07, 6.45) is 1.50. The van der Waals surface area contributed by atoms with E-state index in [4.69, 9.17) is 18.6 Å². The highest BCUT2D eigenvalue weighted by Gasteiger charge is 2.31. The molecule has 1 N–H and O–H groups in total. The number of morpholine rings is 1. The lowest BCUT2D eigenvalue weighted by molar-refractivity contribution is 0.0240. The van der Waals surface area contributed by atoms with Crippen molar-refractivity contribution < 1.29 is 23.4 Å². The fourth-order valence-electron chi connectivity index (χ4n) is 4.06. The molecule has 8 heteroatoms. The lowest BCUT2D eigenvalue weighted by Crippen LogP contribution is -2.40. The molecule has 1 fully saturated rings. The van der Waals surface area contributed by atoms with E-state index < -0.39 is 0 Å². The van der Waals surface area contributed by atoms with Crippen LogP contribution in [0.1, 0.15) is 38.2 Å². The zero-order valence-corrected chi connectivity index (χ0v) is 19.6. The van der Waals surface area contributed by atoms with Crippen LogP contribution in [0.2, 0.25) is 0 Å². The Bertz CT molecular complexity index is 1070. The van der Waals surface area contributed by atoms with Crippen LogP contribution in [0.15, 0.2) is 41.0 Å². The number of carbonyl (C=O) groups excluding carboxylic acids is 1. The quantitative estimate of drug-likeness (QED) is 0.558. The highest BCUT2D eigenvalue weighted by Crippen LogP contribution is 2.44. The molecule has 2 aromatic heterocycles. The van der Waals surface area contributed by atoms with E-state index in [2.05, 4.69) is 30.1 Å². The molecule has 0 saturated carbocycles. The van der Waals surface area contributed by atoms with Gasteiger partial charge in [-0.05, 0) is 49.2 Å². The maximum atomic E-state index is 12.8. The van der Waals surface area contributed by atoms with Crippen molar-refractivity contribution in [2.45, 2.75) is 19.9 Å². The number of benzene rings is 1. The average Bonchev–Trinajstić information content (AvgIpc) is 3.45. The van der Waals surface area contributed by atoms with Crippen LogP contribution in [0.25, 0.3) is 0 Å². The van der Waals surface area contributed by atoms with E-state index in [-0.39, 0.29) is 17.7 Å². The van der Waals surface area contributed by atoms with Gasteiger partial charge in [-0.25, -0.2) is 0 Å². The molecule has 0 aliphatic carbocycles. The van der Waals surface area contributed by atoms with Crippen molar-refractivity contribution in [2.24, 2.45) is 0 Å². The van der Waals surface area contributed by atoms with Crippen molar-refractivity contribution in [1.82, 2.24) is 4.90 Å². The predicted molar refractivity (Wildman–Crippen MR) is 124 cm³/mol. The van der Waals surface area contributed by atoms with Crippen LogP contribution in [-0.2, 0) is 4.74 Å². The Labute approximate surface area is 191 Å². The van der Waals surface area contributed by atoms with Crippen LogP contribution in [0, 0.1) is 13.8 Å². The number of ether oxygens (including phenoxy) is 3. The topological polar surface area (TPSA) is 73.2 Å². The van der Waals surface area contributed by atoms with Gasteiger partial charge in [-0.3, -0.25) is 9.69 Å². The van der Waals surface area contributed by atoms with Gasteiger partial charge in [0.25, 0.3) is 5.91 Å². The van der Waals surface area contributed by atoms with Crippen LogP contribution >= 0.6 is 11.3 Å². The molecule has 1 aromatic carbocycles. The molecule has 1 saturated heterocycles. The van der Waals surface area contributed by atoms with Crippen molar-refractivity contribution in [3.05, 3.63) is 63.9 Å². The Kier molecular flexibility index (Phi) is 6.83. The molecule has 1 unspecified atom stereocenters. The van der Waals surface area contributed by atoms with Gasteiger partial charge >= 0.3 is 0 Å². The zero-order chi connectivity index (χ0) is 22.7. The van der Waals surface area contributed by atoms with Gasteiger partial charge in [-0.2, -0.15) is 0 Å². The molecule has 1 amide bonds. The van der Waals surface area contributed by atoms with Crippen LogP contribution in [0.4, 0.5) is 5.00 Å². The standard InChI is InChI=1S/C24H28N2O5S/c1-15-16(2)32-24(25-23(27)19-6-5-11-31-19)21(15)22(26-9-12-30-13-10-26)17-7-8-18(28-3)20(14-17)29-4/h5-8,11,14,22H,9-10,12-13H2,1-4H3,(H,25,27). The molecule has 7 nitrogen and oxygen atoms in total. The molecular formula is C24H28N2O5S. The lowest BCUT2D eigenvalue weighted by Gasteiger charge is -2.36. The summed E-state index contributed by atoms with van der Waals surface area (Å²) in [4.78, 5) is 16.4. The lowest BCUT2D eigenvalue weighted by atomic mass is 9.94. The van der Waals surface area contributed by atoms with E-state index >= 15 is 0 Å². The van der Waals surface area contributed by atoms with Crippen molar-refractivity contribution in [3.8, 4) is 11.5 Å². The summed E-state index contributed by atoms with van der Waals surface area (Å²) >= 11 is 1.58. The molecule has 1 atom stereocenters. The van der Waals surface area contributed by atoms with E-state index in [0.717, 1.165) is 39.7 Å². The first-order chi connectivity index (χ1) is 15.5. The fourth-order valence-corrected chi connectivity index (χ4v) is 5.15.